The maximum Gasteiger partial charge on any atom is 0.216 e. The molecule has 1 N–H and O–H groups in total. The Kier molecular flexibility index (Phi) is 4.78. The molecule has 0 saturated heterocycles. The van der Waals surface area contributed by atoms with Gasteiger partial charge in [-0.25, -0.2) is 18.1 Å². The van der Waals surface area contributed by atoms with E-state index in [4.69, 9.17) is 0 Å². The number of nitrogens with one attached hydrogen (secondary N) is 1. The molecule has 6 heteroatoms. The normalized spacial score (nSPS) is 11.5. The molecule has 3 rings (SSSR count). The minimum Gasteiger partial charge on any atom is -0.306 e. The van der Waals surface area contributed by atoms with Gasteiger partial charge < -0.3 is 4.57 Å². The Hall–Kier alpha value is -2.44. The van der Waals surface area contributed by atoms with Gasteiger partial charge in [-0.05, 0) is 24.1 Å². The summed E-state index contributed by atoms with van der Waals surface area (Å²) in [5.74, 6) is -0.0259. The summed E-state index contributed by atoms with van der Waals surface area (Å²) in [6.07, 6.45) is 5.22. The summed E-state index contributed by atoms with van der Waals surface area (Å²) in [6.45, 7) is 2.19. The molecular formula is C18H19N3O2S. The number of hydrogen-bond donors (Lipinski definition) is 1. The lowest BCUT2D eigenvalue weighted by atomic mass is 10.2. The lowest BCUT2D eigenvalue weighted by molar-refractivity contribution is 0.580. The van der Waals surface area contributed by atoms with Crippen LogP contribution in [0, 0.1) is 6.92 Å². The second-order valence-electron chi connectivity index (χ2n) is 5.67. The molecule has 0 spiro atoms. The van der Waals surface area contributed by atoms with Gasteiger partial charge >= 0.3 is 0 Å². The number of imidazole rings is 1. The number of benzene rings is 2. The number of rotatable bonds is 6. The molecule has 1 heterocycles. The molecule has 0 aliphatic heterocycles. The Morgan fingerprint density at radius 3 is 2.71 bits per heavy atom. The van der Waals surface area contributed by atoms with Gasteiger partial charge in [-0.3, -0.25) is 0 Å². The largest absolute Gasteiger partial charge is 0.306 e. The number of para-hydroxylation sites is 1. The van der Waals surface area contributed by atoms with Crippen LogP contribution < -0.4 is 4.72 Å². The lowest BCUT2D eigenvalue weighted by Crippen LogP contribution is -2.25. The summed E-state index contributed by atoms with van der Waals surface area (Å²) < 4.78 is 29.3. The Balaban J connectivity index is 1.74. The maximum absolute atomic E-state index is 12.4. The highest BCUT2D eigenvalue weighted by Gasteiger charge is 2.13. The number of aromatic nitrogens is 2. The van der Waals surface area contributed by atoms with Crippen molar-refractivity contribution in [3.63, 3.8) is 0 Å². The fourth-order valence-electron chi connectivity index (χ4n) is 2.57. The highest BCUT2D eigenvalue weighted by atomic mass is 32.2. The van der Waals surface area contributed by atoms with E-state index in [9.17, 15) is 8.42 Å². The van der Waals surface area contributed by atoms with E-state index in [0.717, 1.165) is 22.4 Å². The van der Waals surface area contributed by atoms with Crippen molar-refractivity contribution in [1.29, 1.82) is 0 Å². The zero-order chi connectivity index (χ0) is 17.0. The predicted octanol–water partition coefficient (Wildman–Crippen LogP) is 2.80. The quantitative estimate of drug-likeness (QED) is 0.750. The van der Waals surface area contributed by atoms with Crippen molar-refractivity contribution >= 4 is 10.0 Å². The van der Waals surface area contributed by atoms with Crippen molar-refractivity contribution in [2.45, 2.75) is 19.2 Å². The first-order chi connectivity index (χ1) is 11.5. The molecule has 0 fully saturated rings. The fourth-order valence-corrected chi connectivity index (χ4v) is 3.67. The third kappa shape index (κ3) is 4.10. The Bertz CT molecular complexity index is 919. The fraction of sp³-hybridized carbons (Fsp3) is 0.167. The highest BCUT2D eigenvalue weighted by molar-refractivity contribution is 7.88. The maximum atomic E-state index is 12.4. The monoisotopic (exact) mass is 341 g/mol. The molecule has 0 aliphatic rings. The van der Waals surface area contributed by atoms with Gasteiger partial charge in [0, 0.05) is 18.9 Å². The topological polar surface area (TPSA) is 64.0 Å². The van der Waals surface area contributed by atoms with Crippen LogP contribution in [-0.4, -0.2) is 18.0 Å². The Morgan fingerprint density at radius 2 is 1.96 bits per heavy atom. The van der Waals surface area contributed by atoms with Crippen LogP contribution in [0.15, 0.2) is 67.3 Å². The SMILES string of the molecule is Cc1cccc(CS(=O)(=O)NCc2ccccc2-n2ccnc2)c1. The first kappa shape index (κ1) is 16.4. The minimum absolute atomic E-state index is 0.0259. The molecule has 0 radical (unpaired) electrons. The van der Waals surface area contributed by atoms with E-state index in [-0.39, 0.29) is 12.3 Å². The van der Waals surface area contributed by atoms with E-state index in [1.54, 1.807) is 12.5 Å². The average molecular weight is 341 g/mol. The molecule has 3 aromatic rings. The van der Waals surface area contributed by atoms with E-state index >= 15 is 0 Å². The van der Waals surface area contributed by atoms with Gasteiger partial charge in [-0.1, -0.05) is 48.0 Å². The minimum atomic E-state index is -3.41. The summed E-state index contributed by atoms with van der Waals surface area (Å²) in [5, 5.41) is 0. The summed E-state index contributed by atoms with van der Waals surface area (Å²) in [6, 6.07) is 15.2. The van der Waals surface area contributed by atoms with E-state index in [0.29, 0.717) is 0 Å². The third-order valence-electron chi connectivity index (χ3n) is 3.70. The summed E-state index contributed by atoms with van der Waals surface area (Å²) in [7, 11) is -3.41. The van der Waals surface area contributed by atoms with Gasteiger partial charge in [0.1, 0.15) is 0 Å². The first-order valence-electron chi connectivity index (χ1n) is 7.63. The van der Waals surface area contributed by atoms with Gasteiger partial charge in [-0.2, -0.15) is 0 Å². The standard InChI is InChI=1S/C18H19N3O2S/c1-15-5-4-6-16(11-15)13-24(22,23)20-12-17-7-2-3-8-18(17)21-10-9-19-14-21/h2-11,14,20H,12-13H2,1H3. The molecular weight excluding hydrogens is 322 g/mol. The van der Waals surface area contributed by atoms with Crippen LogP contribution in [0.25, 0.3) is 5.69 Å². The molecule has 24 heavy (non-hydrogen) atoms. The van der Waals surface area contributed by atoms with Crippen LogP contribution in [0.4, 0.5) is 0 Å². The predicted molar refractivity (Wildman–Crippen MR) is 94.2 cm³/mol. The van der Waals surface area contributed by atoms with Gasteiger partial charge in [-0.15, -0.1) is 0 Å². The zero-order valence-electron chi connectivity index (χ0n) is 13.4. The van der Waals surface area contributed by atoms with E-state index in [2.05, 4.69) is 9.71 Å². The molecule has 1 aromatic heterocycles. The lowest BCUT2D eigenvalue weighted by Gasteiger charge is -2.12. The van der Waals surface area contributed by atoms with Crippen LogP contribution in [-0.2, 0) is 22.3 Å². The van der Waals surface area contributed by atoms with E-state index < -0.39 is 10.0 Å². The van der Waals surface area contributed by atoms with Crippen molar-refractivity contribution in [2.75, 3.05) is 0 Å². The molecule has 0 amide bonds. The highest BCUT2D eigenvalue weighted by Crippen LogP contribution is 2.15. The van der Waals surface area contributed by atoms with Crippen molar-refractivity contribution in [2.24, 2.45) is 0 Å². The van der Waals surface area contributed by atoms with Gasteiger partial charge in [0.05, 0.1) is 17.8 Å². The van der Waals surface area contributed by atoms with Crippen molar-refractivity contribution in [3.8, 4) is 5.69 Å². The molecule has 0 atom stereocenters. The van der Waals surface area contributed by atoms with E-state index in [1.807, 2.05) is 66.2 Å². The molecule has 5 nitrogen and oxygen atoms in total. The molecule has 0 aliphatic carbocycles. The van der Waals surface area contributed by atoms with Crippen LogP contribution in [0.3, 0.4) is 0 Å². The molecule has 2 aromatic carbocycles. The molecule has 0 unspecified atom stereocenters. The summed E-state index contributed by atoms with van der Waals surface area (Å²) in [5.41, 5.74) is 3.63. The van der Waals surface area contributed by atoms with Gasteiger partial charge in [0.15, 0.2) is 0 Å². The van der Waals surface area contributed by atoms with Crippen LogP contribution in [0.5, 0.6) is 0 Å². The Labute approximate surface area is 142 Å². The smallest absolute Gasteiger partial charge is 0.216 e. The van der Waals surface area contributed by atoms with Crippen LogP contribution in [0.1, 0.15) is 16.7 Å². The number of nitrogens with zero attached hydrogens (tertiary/aromatic N) is 2. The van der Waals surface area contributed by atoms with E-state index in [1.165, 1.54) is 0 Å². The number of aryl methyl sites for hydroxylation is 1. The van der Waals surface area contributed by atoms with Crippen LogP contribution >= 0.6 is 0 Å². The van der Waals surface area contributed by atoms with Gasteiger partial charge in [0.25, 0.3) is 0 Å². The first-order valence-corrected chi connectivity index (χ1v) is 9.28. The zero-order valence-corrected chi connectivity index (χ0v) is 14.2. The number of hydrogen-bond acceptors (Lipinski definition) is 3. The van der Waals surface area contributed by atoms with Crippen molar-refractivity contribution in [1.82, 2.24) is 14.3 Å². The van der Waals surface area contributed by atoms with Gasteiger partial charge in [0.2, 0.25) is 10.0 Å². The molecule has 124 valence electrons. The van der Waals surface area contributed by atoms with Crippen molar-refractivity contribution < 1.29 is 8.42 Å². The van der Waals surface area contributed by atoms with Crippen LogP contribution in [0.2, 0.25) is 0 Å². The Morgan fingerprint density at radius 1 is 1.12 bits per heavy atom. The molecule has 0 saturated carbocycles. The average Bonchev–Trinajstić information content (AvgIpc) is 3.07. The summed E-state index contributed by atoms with van der Waals surface area (Å²) >= 11 is 0. The summed E-state index contributed by atoms with van der Waals surface area (Å²) in [4.78, 5) is 4.04. The number of sulfonamides is 1. The second-order valence-corrected chi connectivity index (χ2v) is 7.47. The van der Waals surface area contributed by atoms with Crippen molar-refractivity contribution in [3.05, 3.63) is 83.9 Å². The second kappa shape index (κ2) is 6.98. The third-order valence-corrected chi connectivity index (χ3v) is 4.99. The molecule has 0 bridgehead atoms.